The van der Waals surface area contributed by atoms with E-state index >= 15 is 0 Å². The van der Waals surface area contributed by atoms with E-state index in [1.807, 2.05) is 30.3 Å². The molecule has 0 radical (unpaired) electrons. The first kappa shape index (κ1) is 23.2. The average Bonchev–Trinajstić information content (AvgIpc) is 2.80. The maximum atomic E-state index is 12.8. The lowest BCUT2D eigenvalue weighted by Crippen LogP contribution is -2.31. The molecule has 1 fully saturated rings. The van der Waals surface area contributed by atoms with Gasteiger partial charge < -0.3 is 19.1 Å². The van der Waals surface area contributed by atoms with Crippen LogP contribution in [0.3, 0.4) is 0 Å². The smallest absolute Gasteiger partial charge is 0.196 e. The van der Waals surface area contributed by atoms with Crippen molar-refractivity contribution < 1.29 is 19.0 Å². The van der Waals surface area contributed by atoms with Crippen LogP contribution in [-0.2, 0) is 0 Å². The van der Waals surface area contributed by atoms with Gasteiger partial charge >= 0.3 is 0 Å². The van der Waals surface area contributed by atoms with Crippen molar-refractivity contribution in [2.24, 2.45) is 0 Å². The minimum atomic E-state index is -0.00283. The van der Waals surface area contributed by atoms with Crippen molar-refractivity contribution in [2.45, 2.75) is 25.7 Å². The number of ketones is 1. The number of hydrogen-bond donors (Lipinski definition) is 0. The molecular formula is C25H30ClNO4. The fourth-order valence-corrected chi connectivity index (χ4v) is 3.96. The number of likely N-dealkylation sites (tertiary alicyclic amines) is 1. The first-order valence-electron chi connectivity index (χ1n) is 10.7. The van der Waals surface area contributed by atoms with E-state index in [-0.39, 0.29) is 24.8 Å². The van der Waals surface area contributed by atoms with Crippen LogP contribution in [0.4, 0.5) is 0 Å². The van der Waals surface area contributed by atoms with Crippen molar-refractivity contribution in [3.63, 3.8) is 0 Å². The fraction of sp³-hybridized carbons (Fsp3) is 0.400. The number of ether oxygens (including phenoxy) is 3. The van der Waals surface area contributed by atoms with E-state index in [9.17, 15) is 4.79 Å². The molecule has 0 unspecified atom stereocenters. The van der Waals surface area contributed by atoms with Crippen LogP contribution in [-0.4, -0.2) is 50.6 Å². The van der Waals surface area contributed by atoms with Gasteiger partial charge in [0, 0.05) is 18.2 Å². The summed E-state index contributed by atoms with van der Waals surface area (Å²) < 4.78 is 16.8. The molecule has 166 valence electrons. The molecule has 2 aromatic rings. The number of carbonyl (C=O) groups is 1. The maximum absolute atomic E-state index is 12.8. The highest BCUT2D eigenvalue weighted by atomic mass is 35.5. The van der Waals surface area contributed by atoms with Crippen molar-refractivity contribution in [3.05, 3.63) is 59.2 Å². The molecular weight excluding hydrogens is 414 g/mol. The molecule has 0 saturated carbocycles. The Balaban J connectivity index is 0.00000272. The third-order valence-electron chi connectivity index (χ3n) is 5.67. The number of hydrogen-bond acceptors (Lipinski definition) is 5. The highest BCUT2D eigenvalue weighted by Crippen LogP contribution is 2.31. The Morgan fingerprint density at radius 2 is 1.77 bits per heavy atom. The van der Waals surface area contributed by atoms with Crippen molar-refractivity contribution in [1.82, 2.24) is 4.90 Å². The van der Waals surface area contributed by atoms with E-state index in [1.165, 1.54) is 32.4 Å². The van der Waals surface area contributed by atoms with Crippen LogP contribution in [0.1, 0.15) is 41.6 Å². The summed E-state index contributed by atoms with van der Waals surface area (Å²) in [7, 11) is 1.60. The van der Waals surface area contributed by atoms with Crippen molar-refractivity contribution in [1.29, 1.82) is 0 Å². The molecule has 0 aromatic heterocycles. The highest BCUT2D eigenvalue weighted by molar-refractivity contribution is 6.14. The number of piperidine rings is 1. The number of fused-ring (bicyclic) bond motifs is 1. The van der Waals surface area contributed by atoms with Crippen LogP contribution < -0.4 is 14.2 Å². The Morgan fingerprint density at radius 1 is 1.03 bits per heavy atom. The first-order chi connectivity index (χ1) is 14.7. The van der Waals surface area contributed by atoms with E-state index in [2.05, 4.69) is 4.90 Å². The molecule has 0 spiro atoms. The Bertz CT molecular complexity index is 904. The van der Waals surface area contributed by atoms with Crippen LogP contribution in [0, 0.1) is 0 Å². The summed E-state index contributed by atoms with van der Waals surface area (Å²) in [5.74, 6) is 2.11. The number of carbonyl (C=O) groups excluding carboxylic acids is 1. The molecule has 2 aromatic carbocycles. The van der Waals surface area contributed by atoms with Crippen LogP contribution in [0.2, 0.25) is 0 Å². The van der Waals surface area contributed by atoms with Gasteiger partial charge in [0.05, 0.1) is 19.3 Å². The monoisotopic (exact) mass is 443 g/mol. The van der Waals surface area contributed by atoms with Crippen LogP contribution in [0.25, 0.3) is 6.08 Å². The summed E-state index contributed by atoms with van der Waals surface area (Å²) in [4.78, 5) is 15.3. The summed E-state index contributed by atoms with van der Waals surface area (Å²) in [6.07, 6.45) is 6.95. The number of rotatable bonds is 7. The molecule has 0 N–H and O–H groups in total. The zero-order chi connectivity index (χ0) is 20.8. The van der Waals surface area contributed by atoms with Gasteiger partial charge in [-0.2, -0.15) is 0 Å². The van der Waals surface area contributed by atoms with Crippen LogP contribution in [0.5, 0.6) is 17.2 Å². The number of Topliss-reactive ketones (excluding diaryl/α,β-unsaturated/α-hetero) is 1. The topological polar surface area (TPSA) is 48.0 Å². The van der Waals surface area contributed by atoms with Gasteiger partial charge in [-0.1, -0.05) is 18.6 Å². The lowest BCUT2D eigenvalue weighted by atomic mass is 9.98. The summed E-state index contributed by atoms with van der Waals surface area (Å²) in [6.45, 7) is 4.55. The molecule has 2 aliphatic rings. The van der Waals surface area contributed by atoms with E-state index in [4.69, 9.17) is 14.2 Å². The third-order valence-corrected chi connectivity index (χ3v) is 5.67. The normalized spacial score (nSPS) is 17.5. The predicted molar refractivity (Wildman–Crippen MR) is 125 cm³/mol. The lowest BCUT2D eigenvalue weighted by molar-refractivity contribution is 0.100. The second-order valence-corrected chi connectivity index (χ2v) is 7.82. The summed E-state index contributed by atoms with van der Waals surface area (Å²) in [6, 6.07) is 13.2. The molecule has 0 aliphatic carbocycles. The highest BCUT2D eigenvalue weighted by Gasteiger charge is 2.23. The number of benzene rings is 2. The zero-order valence-corrected chi connectivity index (χ0v) is 18.8. The van der Waals surface area contributed by atoms with E-state index < -0.39 is 0 Å². The Kier molecular flexibility index (Phi) is 8.38. The van der Waals surface area contributed by atoms with Crippen molar-refractivity contribution in [2.75, 3.05) is 40.0 Å². The summed E-state index contributed by atoms with van der Waals surface area (Å²) >= 11 is 0. The second-order valence-electron chi connectivity index (χ2n) is 7.82. The van der Waals surface area contributed by atoms with Crippen LogP contribution in [0.15, 0.2) is 48.0 Å². The van der Waals surface area contributed by atoms with Crippen molar-refractivity contribution in [3.8, 4) is 17.2 Å². The van der Waals surface area contributed by atoms with E-state index in [1.54, 1.807) is 25.3 Å². The van der Waals surface area contributed by atoms with Gasteiger partial charge in [-0.3, -0.25) is 4.79 Å². The number of halogens is 1. The van der Waals surface area contributed by atoms with Gasteiger partial charge in [0.25, 0.3) is 0 Å². The molecule has 1 saturated heterocycles. The van der Waals surface area contributed by atoms with Gasteiger partial charge in [-0.15, -0.1) is 12.4 Å². The predicted octanol–water partition coefficient (Wildman–Crippen LogP) is 5.03. The Morgan fingerprint density at radius 3 is 2.52 bits per heavy atom. The van der Waals surface area contributed by atoms with E-state index in [0.29, 0.717) is 22.6 Å². The molecule has 0 atom stereocenters. The van der Waals surface area contributed by atoms with Gasteiger partial charge in [-0.05, 0) is 68.3 Å². The van der Waals surface area contributed by atoms with Gasteiger partial charge in [0.1, 0.15) is 23.9 Å². The summed E-state index contributed by atoms with van der Waals surface area (Å²) in [5.41, 5.74) is 2.17. The molecule has 0 amide bonds. The molecule has 2 heterocycles. The SMILES string of the molecule is COc1ccc2c(c1)OC/C(=C\c1ccc(OCCCN3CCCCC3)cc1)C2=O.Cl. The quantitative estimate of drug-likeness (QED) is 0.443. The fourth-order valence-electron chi connectivity index (χ4n) is 3.96. The maximum Gasteiger partial charge on any atom is 0.196 e. The minimum absolute atomic E-state index is 0. The third kappa shape index (κ3) is 6.02. The summed E-state index contributed by atoms with van der Waals surface area (Å²) in [5, 5.41) is 0. The standard InChI is InChI=1S/C25H29NO4.ClH/c1-28-22-10-11-23-24(17-22)30-18-20(25(23)27)16-19-6-8-21(9-7-19)29-15-5-14-26-12-3-2-4-13-26;/h6-11,16-17H,2-5,12-15,18H2,1H3;1H/b20-16+;. The van der Waals surface area contributed by atoms with Crippen LogP contribution >= 0.6 is 12.4 Å². The average molecular weight is 444 g/mol. The largest absolute Gasteiger partial charge is 0.497 e. The van der Waals surface area contributed by atoms with Gasteiger partial charge in [-0.25, -0.2) is 0 Å². The molecule has 6 heteroatoms. The first-order valence-corrected chi connectivity index (χ1v) is 10.7. The molecule has 0 bridgehead atoms. The molecule has 2 aliphatic heterocycles. The molecule has 5 nitrogen and oxygen atoms in total. The minimum Gasteiger partial charge on any atom is -0.497 e. The Hall–Kier alpha value is -2.50. The number of methoxy groups -OCH3 is 1. The van der Waals surface area contributed by atoms with Gasteiger partial charge in [0.2, 0.25) is 0 Å². The molecule has 4 rings (SSSR count). The van der Waals surface area contributed by atoms with Gasteiger partial charge in [0.15, 0.2) is 5.78 Å². The van der Waals surface area contributed by atoms with Crippen molar-refractivity contribution >= 4 is 24.3 Å². The van der Waals surface area contributed by atoms with E-state index in [0.717, 1.165) is 30.9 Å². The molecule has 31 heavy (non-hydrogen) atoms. The lowest BCUT2D eigenvalue weighted by Gasteiger charge is -2.26. The zero-order valence-electron chi connectivity index (χ0n) is 18.0. The number of nitrogens with zero attached hydrogens (tertiary/aromatic N) is 1. The second kappa shape index (κ2) is 11.2. The Labute approximate surface area is 190 Å².